The molecule has 0 unspecified atom stereocenters. The quantitative estimate of drug-likeness (QED) is 0.0245. The molecule has 4 aliphatic heterocycles. The molecule has 0 atom stereocenters. The molecule has 4 aliphatic rings. The summed E-state index contributed by atoms with van der Waals surface area (Å²) < 4.78 is 31.4. The number of carbonyl (C=O) groups is 8. The van der Waals surface area contributed by atoms with Gasteiger partial charge in [0.1, 0.15) is 28.7 Å². The molecule has 0 spiro atoms. The number of hydrogen-bond acceptors (Lipinski definition) is 20. The van der Waals surface area contributed by atoms with E-state index in [-0.39, 0.29) is 51.3 Å². The van der Waals surface area contributed by atoms with E-state index in [0.717, 1.165) is 170 Å². The molecule has 132 heavy (non-hydrogen) atoms. The maximum Gasteiger partial charge on any atom is 0.339 e. The highest BCUT2D eigenvalue weighted by Gasteiger charge is 2.29. The van der Waals surface area contributed by atoms with Crippen LogP contribution in [-0.2, 0) is 14.2 Å². The van der Waals surface area contributed by atoms with Crippen LogP contribution in [0.15, 0.2) is 223 Å². The third-order valence-electron chi connectivity index (χ3n) is 25.0. The number of nitrogens with zero attached hydrogens (tertiary/aromatic N) is 4. The number of hydrogen-bond donors (Lipinski definition) is 7. The maximum absolute atomic E-state index is 13.4. The molecule has 11 aromatic carbocycles. The number of carboxylic acids is 1. The number of methoxy groups -OCH3 is 6. The molecule has 0 aliphatic carbocycles. The van der Waals surface area contributed by atoms with Crippen molar-refractivity contribution in [2.75, 3.05) is 144 Å². The Hall–Kier alpha value is -13.5. The zero-order valence-corrected chi connectivity index (χ0v) is 78.2. The second-order valence-corrected chi connectivity index (χ2v) is 34.7. The lowest BCUT2D eigenvalue weighted by Gasteiger charge is -2.29. The van der Waals surface area contributed by atoms with Gasteiger partial charge in [0, 0.05) is 15.6 Å². The summed E-state index contributed by atoms with van der Waals surface area (Å²) in [6.07, 6.45) is 8.31. The van der Waals surface area contributed by atoms with Crippen molar-refractivity contribution in [1.82, 2.24) is 19.6 Å². The number of aromatic carboxylic acids is 1. The number of likely N-dealkylation sites (tertiary alicyclic amines) is 4. The molecule has 4 saturated heterocycles. The number of carboxylic acid groups (broad SMARTS) is 1. The number of phenols is 2. The first kappa shape index (κ1) is 97.6. The van der Waals surface area contributed by atoms with Gasteiger partial charge in [-0.3, -0.25) is 19.2 Å². The molecule has 0 aromatic heterocycles. The van der Waals surface area contributed by atoms with Crippen molar-refractivity contribution in [1.29, 1.82) is 0 Å². The minimum absolute atomic E-state index is 0.0361. The summed E-state index contributed by atoms with van der Waals surface area (Å²) >= 11 is 3.39. The predicted molar refractivity (Wildman–Crippen MR) is 519 cm³/mol. The monoisotopic (exact) mass is 1850 g/mol. The molecule has 26 heteroatoms. The topological polar surface area (TPSA) is 314 Å². The summed E-state index contributed by atoms with van der Waals surface area (Å²) in [4.78, 5) is 111. The van der Waals surface area contributed by atoms with Gasteiger partial charge in [-0.25, -0.2) is 19.2 Å². The third kappa shape index (κ3) is 25.2. The standard InChI is InChI=1S/C29H32N2O4.C28H30N2O5.C27H28N2O5.C22H25BrN2O3/c1-19-8-9-22(20-12-14-31(2)15-13-20)17-26(19)28(32)30-27-18-23(10-11-25(27)29(33)35-4)21-6-5-7-24(16-21)34-3;1-30-13-11-18(12-14-30)20-8-10-26(31)24(16-20)27(32)29-25-17-21(7-9-23(25)28(33)35-3)19-5-4-6-22(15-19)34-2;1-29-12-10-17(11-13-29)19-7-9-25(30)23(15-19)26(31)28-24-16-20(6-8-22(24)27(32)33)18-4-3-5-21(14-18)34-2;1-14-4-5-16(15-8-10-25(2)11-9-15)12-19(14)21(26)24-20-13-17(23)6-7-18(20)22(27)28-3/h5-11,16-18,20H,12-15H2,1-4H3,(H,30,32);4-10,15-18,31H,11-14H2,1-3H3,(H,29,32);3-9,14-17,30H,10-13H2,1-2H3,(H,28,31)(H,32,33);4-7,12-13,15H,8-11H2,1-3H3,(H,24,26). The number of aryl methyl sites for hydroxylation is 2. The van der Waals surface area contributed by atoms with Gasteiger partial charge < -0.3 is 84.6 Å². The van der Waals surface area contributed by atoms with Gasteiger partial charge in [-0.15, -0.1) is 0 Å². The Morgan fingerprint density at radius 2 is 0.561 bits per heavy atom. The average molecular weight is 1850 g/mol. The minimum atomic E-state index is -1.16. The zero-order valence-electron chi connectivity index (χ0n) is 76.6. The predicted octanol–water partition coefficient (Wildman–Crippen LogP) is 19.9. The van der Waals surface area contributed by atoms with E-state index in [9.17, 15) is 53.7 Å². The van der Waals surface area contributed by atoms with E-state index in [4.69, 9.17) is 28.4 Å². The number of esters is 3. The van der Waals surface area contributed by atoms with Gasteiger partial charge in [-0.1, -0.05) is 107 Å². The highest BCUT2D eigenvalue weighted by Crippen LogP contribution is 2.39. The number of benzene rings is 11. The van der Waals surface area contributed by atoms with Crippen LogP contribution in [0.1, 0.15) is 191 Å². The normalized spacial score (nSPS) is 14.6. The van der Waals surface area contributed by atoms with E-state index < -0.39 is 35.7 Å². The Kier molecular flexibility index (Phi) is 33.9. The highest BCUT2D eigenvalue weighted by atomic mass is 79.9. The number of phenolic OH excluding ortho intramolecular Hbond substituents is 2. The Morgan fingerprint density at radius 1 is 0.303 bits per heavy atom. The fraction of sp³-hybridized carbons (Fsp3) is 0.302. The number of carbonyl (C=O) groups excluding carboxylic acids is 7. The van der Waals surface area contributed by atoms with Gasteiger partial charge in [0.15, 0.2) is 0 Å². The molecule has 11 aromatic rings. The zero-order chi connectivity index (χ0) is 94.4. The van der Waals surface area contributed by atoms with E-state index in [2.05, 4.69) is 97.1 Å². The van der Waals surface area contributed by atoms with E-state index in [1.165, 1.54) is 44.6 Å². The lowest BCUT2D eigenvalue weighted by molar-refractivity contribution is 0.0592. The summed E-state index contributed by atoms with van der Waals surface area (Å²) in [6, 6.07) is 65.4. The van der Waals surface area contributed by atoms with Crippen molar-refractivity contribution in [2.45, 2.75) is 88.9 Å². The summed E-state index contributed by atoms with van der Waals surface area (Å²) in [5, 5.41) is 41.9. The van der Waals surface area contributed by atoms with E-state index in [0.29, 0.717) is 74.5 Å². The van der Waals surface area contributed by atoms with Crippen LogP contribution in [0.5, 0.6) is 28.7 Å². The summed E-state index contributed by atoms with van der Waals surface area (Å²) in [5.41, 5.74) is 14.8. The Morgan fingerprint density at radius 3 is 0.856 bits per heavy atom. The Bertz CT molecular complexity index is 5810. The van der Waals surface area contributed by atoms with Crippen molar-refractivity contribution in [2.24, 2.45) is 0 Å². The van der Waals surface area contributed by atoms with Gasteiger partial charge in [0.2, 0.25) is 0 Å². The Balaban J connectivity index is 0.000000159. The molecule has 25 nitrogen and oxygen atoms in total. The fourth-order valence-electron chi connectivity index (χ4n) is 16.9. The third-order valence-corrected chi connectivity index (χ3v) is 25.5. The van der Waals surface area contributed by atoms with Crippen LogP contribution in [-0.4, -0.2) is 206 Å². The first-order valence-electron chi connectivity index (χ1n) is 44.0. The van der Waals surface area contributed by atoms with Crippen molar-refractivity contribution in [3.05, 3.63) is 301 Å². The second-order valence-electron chi connectivity index (χ2n) is 33.8. The first-order chi connectivity index (χ1) is 63.5. The highest BCUT2D eigenvalue weighted by molar-refractivity contribution is 9.10. The molecule has 4 heterocycles. The molecule has 4 fully saturated rings. The molecular formula is C106H115BrN8O17. The van der Waals surface area contributed by atoms with Crippen LogP contribution in [0.2, 0.25) is 0 Å². The van der Waals surface area contributed by atoms with Crippen LogP contribution in [0, 0.1) is 13.8 Å². The van der Waals surface area contributed by atoms with Crippen LogP contribution in [0.4, 0.5) is 22.7 Å². The summed E-state index contributed by atoms with van der Waals surface area (Å²) in [7, 11) is 17.2. The van der Waals surface area contributed by atoms with Gasteiger partial charge in [-0.05, 0) is 364 Å². The average Bonchev–Trinajstić information content (AvgIpc) is 0.809. The summed E-state index contributed by atoms with van der Waals surface area (Å²) in [5.74, 6) is -0.836. The molecule has 0 radical (unpaired) electrons. The number of piperidine rings is 4. The number of nitrogens with one attached hydrogen (secondary N) is 4. The molecule has 4 amide bonds. The molecule has 0 saturated carbocycles. The van der Waals surface area contributed by atoms with Gasteiger partial charge >= 0.3 is 23.9 Å². The van der Waals surface area contributed by atoms with Gasteiger partial charge in [0.25, 0.3) is 23.6 Å². The van der Waals surface area contributed by atoms with E-state index >= 15 is 0 Å². The first-order valence-corrected chi connectivity index (χ1v) is 44.8. The largest absolute Gasteiger partial charge is 0.507 e. The maximum atomic E-state index is 13.4. The second kappa shape index (κ2) is 45.8. The van der Waals surface area contributed by atoms with Crippen LogP contribution in [0.3, 0.4) is 0 Å². The molecular weight excluding hydrogens is 1740 g/mol. The molecule has 7 N–H and O–H groups in total. The number of aromatic hydroxyl groups is 2. The van der Waals surface area contributed by atoms with Crippen molar-refractivity contribution >= 4 is 86.2 Å². The van der Waals surface area contributed by atoms with Gasteiger partial charge in [0.05, 0.1) is 98.8 Å². The SMILES string of the molecule is COC(=O)c1ccc(-c2cccc(OC)c2)cc1NC(=O)c1cc(C2CCN(C)CC2)ccc1C.COC(=O)c1ccc(-c2cccc(OC)c2)cc1NC(=O)c1cc(C2CCN(C)CC2)ccc1O.COC(=O)c1ccc(Br)cc1NC(=O)c1cc(C2CCN(C)CC2)ccc1C.COc1cccc(-c2ccc(C(=O)O)c(NC(=O)c3cc(C4CCN(C)CC4)ccc3O)c2)c1. The van der Waals surface area contributed by atoms with Crippen LogP contribution < -0.4 is 35.5 Å². The van der Waals surface area contributed by atoms with E-state index in [1.54, 1.807) is 100 Å². The van der Waals surface area contributed by atoms with Crippen LogP contribution >= 0.6 is 15.9 Å². The van der Waals surface area contributed by atoms with Crippen molar-refractivity contribution in [3.63, 3.8) is 0 Å². The van der Waals surface area contributed by atoms with Gasteiger partial charge in [-0.2, -0.15) is 0 Å². The molecule has 15 rings (SSSR count). The van der Waals surface area contributed by atoms with E-state index in [1.807, 2.05) is 129 Å². The van der Waals surface area contributed by atoms with Crippen molar-refractivity contribution in [3.8, 4) is 62.1 Å². The fourth-order valence-corrected chi connectivity index (χ4v) is 17.3. The molecule has 0 bridgehead atoms. The number of rotatable bonds is 22. The lowest BCUT2D eigenvalue weighted by atomic mass is 9.87. The Labute approximate surface area is 779 Å². The number of amides is 4. The summed E-state index contributed by atoms with van der Waals surface area (Å²) in [6.45, 7) is 12.1. The smallest absolute Gasteiger partial charge is 0.339 e. The molecule has 688 valence electrons. The van der Waals surface area contributed by atoms with Crippen molar-refractivity contribution < 1.29 is 82.1 Å². The lowest BCUT2D eigenvalue weighted by Crippen LogP contribution is -2.29. The number of halogens is 1. The van der Waals surface area contributed by atoms with Crippen LogP contribution in [0.25, 0.3) is 33.4 Å². The number of ether oxygens (including phenoxy) is 6. The minimum Gasteiger partial charge on any atom is -0.507 e. The number of anilines is 4.